The topological polar surface area (TPSA) is 32.8 Å². The van der Waals surface area contributed by atoms with E-state index in [1.165, 1.54) is 16.8 Å². The Bertz CT molecular complexity index is 469. The molecular weight excluding hydrogens is 240 g/mol. The van der Waals surface area contributed by atoms with E-state index in [2.05, 4.69) is 30.0 Å². The number of anilines is 1. The Balaban J connectivity index is 1.89. The van der Waals surface area contributed by atoms with E-state index in [1.807, 2.05) is 4.90 Å². The first-order chi connectivity index (χ1) is 9.29. The number of rotatable bonds is 2. The first-order valence-corrected chi connectivity index (χ1v) is 6.96. The molecule has 0 radical (unpaired) electrons. The van der Waals surface area contributed by atoms with Crippen LogP contribution in [0.4, 0.5) is 5.69 Å². The highest BCUT2D eigenvalue weighted by atomic mass is 16.5. The minimum absolute atomic E-state index is 0.183. The van der Waals surface area contributed by atoms with E-state index in [0.717, 1.165) is 45.7 Å². The van der Waals surface area contributed by atoms with Crippen LogP contribution in [-0.4, -0.2) is 44.2 Å². The van der Waals surface area contributed by atoms with Crippen LogP contribution in [0.25, 0.3) is 0 Å². The fourth-order valence-electron chi connectivity index (χ4n) is 2.98. The summed E-state index contributed by atoms with van der Waals surface area (Å²) in [6.07, 6.45) is 1.93. The number of benzene rings is 1. The Morgan fingerprint density at radius 3 is 2.79 bits per heavy atom. The Labute approximate surface area is 113 Å². The number of hydrogen-bond acceptors (Lipinski definition) is 3. The van der Waals surface area contributed by atoms with Crippen molar-refractivity contribution in [2.45, 2.75) is 19.4 Å². The summed E-state index contributed by atoms with van der Waals surface area (Å²) in [5, 5.41) is 0. The molecule has 2 aliphatic heterocycles. The zero-order chi connectivity index (χ0) is 13.2. The normalized spacial score (nSPS) is 23.1. The lowest BCUT2D eigenvalue weighted by Crippen LogP contribution is -2.37. The predicted octanol–water partition coefficient (Wildman–Crippen LogP) is 1.60. The minimum atomic E-state index is 0.183. The van der Waals surface area contributed by atoms with Crippen LogP contribution in [0, 0.1) is 0 Å². The van der Waals surface area contributed by atoms with Gasteiger partial charge >= 0.3 is 0 Å². The Kier molecular flexibility index (Phi) is 3.42. The standard InChI is InChI=1S/C15H20N2O2/c1-12-15-10-14(16-6-8-19-9-7-16)3-2-13(15)4-5-17(12)11-18/h2-3,10-12H,4-9H2,1H3. The van der Waals surface area contributed by atoms with E-state index in [4.69, 9.17) is 4.74 Å². The second-order valence-corrected chi connectivity index (χ2v) is 5.25. The maximum Gasteiger partial charge on any atom is 0.210 e. The molecule has 1 atom stereocenters. The van der Waals surface area contributed by atoms with Gasteiger partial charge in [0.1, 0.15) is 0 Å². The van der Waals surface area contributed by atoms with Crippen molar-refractivity contribution in [2.75, 3.05) is 37.7 Å². The molecule has 0 bridgehead atoms. The van der Waals surface area contributed by atoms with Crippen LogP contribution in [-0.2, 0) is 16.0 Å². The van der Waals surface area contributed by atoms with Gasteiger partial charge in [0.05, 0.1) is 19.3 Å². The van der Waals surface area contributed by atoms with Crippen molar-refractivity contribution in [3.05, 3.63) is 29.3 Å². The van der Waals surface area contributed by atoms with Crippen molar-refractivity contribution in [3.8, 4) is 0 Å². The van der Waals surface area contributed by atoms with Crippen molar-refractivity contribution in [1.82, 2.24) is 4.90 Å². The van der Waals surface area contributed by atoms with Crippen LogP contribution in [0.1, 0.15) is 24.1 Å². The SMILES string of the molecule is CC1c2cc(N3CCOCC3)ccc2CCN1C=O. The first kappa shape index (κ1) is 12.5. The van der Waals surface area contributed by atoms with Gasteiger partial charge in [0.25, 0.3) is 0 Å². The number of ether oxygens (including phenoxy) is 1. The van der Waals surface area contributed by atoms with Crippen molar-refractivity contribution in [2.24, 2.45) is 0 Å². The molecule has 0 aromatic heterocycles. The Hall–Kier alpha value is -1.55. The van der Waals surface area contributed by atoms with Crippen molar-refractivity contribution in [1.29, 1.82) is 0 Å². The van der Waals surface area contributed by atoms with Gasteiger partial charge in [0.15, 0.2) is 0 Å². The van der Waals surface area contributed by atoms with Gasteiger partial charge in [-0.15, -0.1) is 0 Å². The first-order valence-electron chi connectivity index (χ1n) is 6.96. The molecule has 4 nitrogen and oxygen atoms in total. The number of morpholine rings is 1. The average Bonchev–Trinajstić information content (AvgIpc) is 2.48. The van der Waals surface area contributed by atoms with Crippen LogP contribution in [0.3, 0.4) is 0 Å². The minimum Gasteiger partial charge on any atom is -0.378 e. The quantitative estimate of drug-likeness (QED) is 0.757. The summed E-state index contributed by atoms with van der Waals surface area (Å²) in [5.74, 6) is 0. The highest BCUT2D eigenvalue weighted by molar-refractivity contribution is 5.56. The summed E-state index contributed by atoms with van der Waals surface area (Å²) >= 11 is 0. The van der Waals surface area contributed by atoms with Crippen molar-refractivity contribution >= 4 is 12.1 Å². The molecule has 0 N–H and O–H groups in total. The molecule has 0 saturated carbocycles. The van der Waals surface area contributed by atoms with E-state index in [9.17, 15) is 4.79 Å². The molecular formula is C15H20N2O2. The monoisotopic (exact) mass is 260 g/mol. The second-order valence-electron chi connectivity index (χ2n) is 5.25. The van der Waals surface area contributed by atoms with Crippen LogP contribution < -0.4 is 4.90 Å². The summed E-state index contributed by atoms with van der Waals surface area (Å²) < 4.78 is 5.39. The largest absolute Gasteiger partial charge is 0.378 e. The Morgan fingerprint density at radius 1 is 1.26 bits per heavy atom. The Morgan fingerprint density at radius 2 is 2.05 bits per heavy atom. The van der Waals surface area contributed by atoms with Crippen LogP contribution in [0.15, 0.2) is 18.2 Å². The maximum atomic E-state index is 11.1. The maximum absolute atomic E-state index is 11.1. The number of carbonyl (C=O) groups is 1. The molecule has 1 aromatic rings. The number of amides is 1. The van der Waals surface area contributed by atoms with Crippen molar-refractivity contribution < 1.29 is 9.53 Å². The second kappa shape index (κ2) is 5.21. The molecule has 1 aromatic carbocycles. The van der Waals surface area contributed by atoms with Gasteiger partial charge in [-0.3, -0.25) is 4.79 Å². The van der Waals surface area contributed by atoms with Gasteiger partial charge in [-0.2, -0.15) is 0 Å². The van der Waals surface area contributed by atoms with Crippen LogP contribution >= 0.6 is 0 Å². The van der Waals surface area contributed by atoms with Crippen molar-refractivity contribution in [3.63, 3.8) is 0 Å². The molecule has 1 fully saturated rings. The highest BCUT2D eigenvalue weighted by Crippen LogP contribution is 2.31. The zero-order valence-corrected chi connectivity index (χ0v) is 11.3. The number of fused-ring (bicyclic) bond motifs is 1. The molecule has 2 aliphatic rings. The third-order valence-corrected chi connectivity index (χ3v) is 4.23. The number of carbonyl (C=O) groups excluding carboxylic acids is 1. The fourth-order valence-corrected chi connectivity index (χ4v) is 2.98. The lowest BCUT2D eigenvalue weighted by atomic mass is 9.93. The molecule has 0 aliphatic carbocycles. The molecule has 1 amide bonds. The molecule has 0 spiro atoms. The van der Waals surface area contributed by atoms with E-state index < -0.39 is 0 Å². The van der Waals surface area contributed by atoms with Crippen LogP contribution in [0.5, 0.6) is 0 Å². The van der Waals surface area contributed by atoms with Crippen LogP contribution in [0.2, 0.25) is 0 Å². The zero-order valence-electron chi connectivity index (χ0n) is 11.3. The van der Waals surface area contributed by atoms with E-state index in [0.29, 0.717) is 0 Å². The van der Waals surface area contributed by atoms with E-state index in [-0.39, 0.29) is 6.04 Å². The molecule has 1 unspecified atom stereocenters. The molecule has 2 heterocycles. The third kappa shape index (κ3) is 2.32. The molecule has 19 heavy (non-hydrogen) atoms. The highest BCUT2D eigenvalue weighted by Gasteiger charge is 2.23. The van der Waals surface area contributed by atoms with E-state index in [1.54, 1.807) is 0 Å². The molecule has 4 heteroatoms. The van der Waals surface area contributed by atoms with E-state index >= 15 is 0 Å². The summed E-state index contributed by atoms with van der Waals surface area (Å²) in [5.41, 5.74) is 3.92. The average molecular weight is 260 g/mol. The summed E-state index contributed by atoms with van der Waals surface area (Å²) in [4.78, 5) is 15.3. The van der Waals surface area contributed by atoms with Gasteiger partial charge in [-0.25, -0.2) is 0 Å². The molecule has 1 saturated heterocycles. The van der Waals surface area contributed by atoms with Gasteiger partial charge in [0, 0.05) is 25.3 Å². The number of nitrogens with zero attached hydrogens (tertiary/aromatic N) is 2. The summed E-state index contributed by atoms with van der Waals surface area (Å²) in [6.45, 7) is 6.43. The lowest BCUT2D eigenvalue weighted by molar-refractivity contribution is -0.120. The number of hydrogen-bond donors (Lipinski definition) is 0. The van der Waals surface area contributed by atoms with Gasteiger partial charge in [-0.05, 0) is 36.6 Å². The third-order valence-electron chi connectivity index (χ3n) is 4.23. The molecule has 102 valence electrons. The van der Waals surface area contributed by atoms with Gasteiger partial charge < -0.3 is 14.5 Å². The van der Waals surface area contributed by atoms with Gasteiger partial charge in [0.2, 0.25) is 6.41 Å². The fraction of sp³-hybridized carbons (Fsp3) is 0.533. The predicted molar refractivity (Wildman–Crippen MR) is 74.4 cm³/mol. The molecule has 3 rings (SSSR count). The summed E-state index contributed by atoms with van der Waals surface area (Å²) in [7, 11) is 0. The lowest BCUT2D eigenvalue weighted by Gasteiger charge is -2.34. The smallest absolute Gasteiger partial charge is 0.210 e. The summed E-state index contributed by atoms with van der Waals surface area (Å²) in [6, 6.07) is 6.86. The van der Waals surface area contributed by atoms with Gasteiger partial charge in [-0.1, -0.05) is 6.07 Å².